The quantitative estimate of drug-likeness (QED) is 0.743. The van der Waals surface area contributed by atoms with Crippen molar-refractivity contribution in [2.75, 3.05) is 14.1 Å². The fourth-order valence-electron chi connectivity index (χ4n) is 2.31. The van der Waals surface area contributed by atoms with Crippen molar-refractivity contribution >= 4 is 24.2 Å². The first-order chi connectivity index (χ1) is 10.6. The largest absolute Gasteiger partial charge is 0.383 e. The summed E-state index contributed by atoms with van der Waals surface area (Å²) in [6.07, 6.45) is 12.5. The maximum atomic E-state index is 4.57. The first-order valence-corrected chi connectivity index (χ1v) is 8.40. The molecule has 0 unspecified atom stereocenters. The Labute approximate surface area is 137 Å². The van der Waals surface area contributed by atoms with Crippen LogP contribution in [0.2, 0.25) is 0 Å². The van der Waals surface area contributed by atoms with E-state index in [1.54, 1.807) is 0 Å². The van der Waals surface area contributed by atoms with Gasteiger partial charge in [0.15, 0.2) is 0 Å². The van der Waals surface area contributed by atoms with Crippen LogP contribution < -0.4 is 0 Å². The van der Waals surface area contributed by atoms with Crippen LogP contribution in [0.15, 0.2) is 17.3 Å². The SMILES string of the molecule is CC.CC.CCc1c(/C=C\N(C)C)c2c(n1C)N=CCC=C2. The summed E-state index contributed by atoms with van der Waals surface area (Å²) < 4.78 is 2.21. The highest BCUT2D eigenvalue weighted by molar-refractivity contribution is 5.81. The van der Waals surface area contributed by atoms with E-state index in [0.29, 0.717) is 0 Å². The molecule has 0 atom stereocenters. The number of aliphatic imine (C=N–C) groups is 1. The van der Waals surface area contributed by atoms with Gasteiger partial charge in [-0.25, -0.2) is 4.99 Å². The molecule has 0 saturated heterocycles. The molecule has 1 aliphatic heterocycles. The van der Waals surface area contributed by atoms with E-state index >= 15 is 0 Å². The second-order valence-electron chi connectivity index (χ2n) is 4.74. The molecule has 1 aromatic rings. The van der Waals surface area contributed by atoms with Gasteiger partial charge in [-0.3, -0.25) is 0 Å². The van der Waals surface area contributed by atoms with Gasteiger partial charge in [0.2, 0.25) is 0 Å². The molecule has 2 rings (SSSR count). The Hall–Kier alpha value is -1.77. The third-order valence-electron chi connectivity index (χ3n) is 3.18. The number of aromatic nitrogens is 1. The standard InChI is InChI=1S/C15H21N3.2C2H6/c1-5-14-12(9-11-17(2)3)13-8-6-7-10-16-15(13)18(14)4;2*1-2/h6,8-11H,5,7H2,1-4H3;2*1-2H3/b11-9-;;. The van der Waals surface area contributed by atoms with Gasteiger partial charge < -0.3 is 9.47 Å². The Morgan fingerprint density at radius 2 is 1.86 bits per heavy atom. The topological polar surface area (TPSA) is 20.5 Å². The molecule has 0 amide bonds. The fourth-order valence-corrected chi connectivity index (χ4v) is 2.31. The Bertz CT molecular complexity index is 517. The zero-order chi connectivity index (χ0) is 17.1. The van der Waals surface area contributed by atoms with Crippen molar-refractivity contribution in [3.05, 3.63) is 29.1 Å². The molecule has 0 aliphatic carbocycles. The summed E-state index contributed by atoms with van der Waals surface area (Å²) in [7, 11) is 6.18. The van der Waals surface area contributed by atoms with Gasteiger partial charge in [-0.2, -0.15) is 0 Å². The Balaban J connectivity index is 0.00000102. The lowest BCUT2D eigenvalue weighted by molar-refractivity contribution is 0.567. The van der Waals surface area contributed by atoms with Crippen LogP contribution in [-0.4, -0.2) is 29.8 Å². The third-order valence-corrected chi connectivity index (χ3v) is 3.18. The molecule has 1 aliphatic rings. The number of nitrogens with zero attached hydrogens (tertiary/aromatic N) is 3. The summed E-state index contributed by atoms with van der Waals surface area (Å²) in [5.41, 5.74) is 3.86. The van der Waals surface area contributed by atoms with Gasteiger partial charge in [-0.05, 0) is 18.7 Å². The van der Waals surface area contributed by atoms with Crippen molar-refractivity contribution in [3.8, 4) is 0 Å². The first-order valence-electron chi connectivity index (χ1n) is 8.40. The number of hydrogen-bond donors (Lipinski definition) is 0. The molecular formula is C19H33N3. The zero-order valence-corrected chi connectivity index (χ0v) is 15.6. The summed E-state index contributed by atoms with van der Waals surface area (Å²) in [4.78, 5) is 6.63. The van der Waals surface area contributed by atoms with E-state index in [1.165, 1.54) is 16.8 Å². The summed E-state index contributed by atoms with van der Waals surface area (Å²) in [5, 5.41) is 0. The Morgan fingerprint density at radius 1 is 1.23 bits per heavy atom. The molecule has 22 heavy (non-hydrogen) atoms. The summed E-state index contributed by atoms with van der Waals surface area (Å²) in [6, 6.07) is 0. The lowest BCUT2D eigenvalue weighted by Crippen LogP contribution is -2.00. The van der Waals surface area contributed by atoms with Gasteiger partial charge in [0.1, 0.15) is 5.82 Å². The van der Waals surface area contributed by atoms with E-state index in [4.69, 9.17) is 0 Å². The monoisotopic (exact) mass is 303 g/mol. The van der Waals surface area contributed by atoms with Crippen molar-refractivity contribution in [1.82, 2.24) is 9.47 Å². The molecule has 2 heterocycles. The average molecular weight is 303 g/mol. The molecule has 0 bridgehead atoms. The van der Waals surface area contributed by atoms with Crippen molar-refractivity contribution in [2.45, 2.75) is 47.5 Å². The minimum atomic E-state index is 0.910. The number of allylic oxidation sites excluding steroid dienone is 1. The van der Waals surface area contributed by atoms with Crippen LogP contribution in [0.3, 0.4) is 0 Å². The van der Waals surface area contributed by atoms with E-state index in [0.717, 1.165) is 18.7 Å². The summed E-state index contributed by atoms with van der Waals surface area (Å²) >= 11 is 0. The van der Waals surface area contributed by atoms with E-state index in [9.17, 15) is 0 Å². The molecule has 0 N–H and O–H groups in total. The highest BCUT2D eigenvalue weighted by Gasteiger charge is 2.16. The lowest BCUT2D eigenvalue weighted by Gasteiger charge is -2.05. The van der Waals surface area contributed by atoms with Crippen LogP contribution in [-0.2, 0) is 13.5 Å². The van der Waals surface area contributed by atoms with Crippen molar-refractivity contribution in [3.63, 3.8) is 0 Å². The maximum absolute atomic E-state index is 4.57. The molecule has 0 radical (unpaired) electrons. The van der Waals surface area contributed by atoms with Crippen molar-refractivity contribution in [1.29, 1.82) is 0 Å². The molecule has 3 nitrogen and oxygen atoms in total. The predicted molar refractivity (Wildman–Crippen MR) is 102 cm³/mol. The first kappa shape index (κ1) is 20.2. The highest BCUT2D eigenvalue weighted by Crippen LogP contribution is 2.33. The molecular weight excluding hydrogens is 270 g/mol. The van der Waals surface area contributed by atoms with Gasteiger partial charge in [0, 0.05) is 50.6 Å². The molecule has 0 aromatic carbocycles. The number of hydrogen-bond acceptors (Lipinski definition) is 2. The van der Waals surface area contributed by atoms with E-state index < -0.39 is 0 Å². The van der Waals surface area contributed by atoms with Crippen LogP contribution in [0.25, 0.3) is 12.2 Å². The Kier molecular flexibility index (Phi) is 10.0. The minimum absolute atomic E-state index is 0.910. The summed E-state index contributed by atoms with van der Waals surface area (Å²) in [6.45, 7) is 10.2. The summed E-state index contributed by atoms with van der Waals surface area (Å²) in [5.74, 6) is 1.07. The van der Waals surface area contributed by atoms with Crippen molar-refractivity contribution < 1.29 is 0 Å². The van der Waals surface area contributed by atoms with Crippen LogP contribution in [0, 0.1) is 0 Å². The minimum Gasteiger partial charge on any atom is -0.383 e. The molecule has 0 fully saturated rings. The van der Waals surface area contributed by atoms with Crippen LogP contribution in [0.1, 0.15) is 57.9 Å². The molecule has 0 saturated carbocycles. The number of fused-ring (bicyclic) bond motifs is 1. The fraction of sp³-hybridized carbons (Fsp3) is 0.526. The number of rotatable bonds is 3. The molecule has 3 heteroatoms. The lowest BCUT2D eigenvalue weighted by atomic mass is 10.1. The van der Waals surface area contributed by atoms with Gasteiger partial charge in [0.25, 0.3) is 0 Å². The molecule has 124 valence electrons. The van der Waals surface area contributed by atoms with Gasteiger partial charge in [0.05, 0.1) is 0 Å². The van der Waals surface area contributed by atoms with E-state index in [1.807, 2.05) is 48.0 Å². The molecule has 1 aromatic heterocycles. The normalized spacial score (nSPS) is 12.0. The molecule has 0 spiro atoms. The van der Waals surface area contributed by atoms with Crippen LogP contribution >= 0.6 is 0 Å². The predicted octanol–water partition coefficient (Wildman–Crippen LogP) is 5.29. The second kappa shape index (κ2) is 10.9. The van der Waals surface area contributed by atoms with Crippen LogP contribution in [0.5, 0.6) is 0 Å². The van der Waals surface area contributed by atoms with Crippen molar-refractivity contribution in [2.24, 2.45) is 12.0 Å². The van der Waals surface area contributed by atoms with Gasteiger partial charge in [-0.15, -0.1) is 0 Å². The smallest absolute Gasteiger partial charge is 0.140 e. The van der Waals surface area contributed by atoms with E-state index in [2.05, 4.69) is 52.9 Å². The second-order valence-corrected chi connectivity index (χ2v) is 4.74. The maximum Gasteiger partial charge on any atom is 0.140 e. The highest BCUT2D eigenvalue weighted by atomic mass is 15.1. The van der Waals surface area contributed by atoms with E-state index in [-0.39, 0.29) is 0 Å². The van der Waals surface area contributed by atoms with Gasteiger partial charge in [-0.1, -0.05) is 46.8 Å². The Morgan fingerprint density at radius 3 is 2.41 bits per heavy atom. The third kappa shape index (κ3) is 4.90. The average Bonchev–Trinajstić information content (AvgIpc) is 2.71. The zero-order valence-electron chi connectivity index (χ0n) is 15.6. The van der Waals surface area contributed by atoms with Gasteiger partial charge >= 0.3 is 0 Å². The van der Waals surface area contributed by atoms with Crippen LogP contribution in [0.4, 0.5) is 5.82 Å².